The summed E-state index contributed by atoms with van der Waals surface area (Å²) in [5.74, 6) is -0.0989. The van der Waals surface area contributed by atoms with Crippen LogP contribution in [0.25, 0.3) is 0 Å². The van der Waals surface area contributed by atoms with Crippen LogP contribution in [-0.4, -0.2) is 11.0 Å². The van der Waals surface area contributed by atoms with Gasteiger partial charge >= 0.3 is 0 Å². The summed E-state index contributed by atoms with van der Waals surface area (Å²) in [6.07, 6.45) is 1.24. The molecule has 92 valence electrons. The molecule has 17 heavy (non-hydrogen) atoms. The topological polar surface area (TPSA) is 41.1 Å². The normalized spacial score (nSPS) is 9.82. The van der Waals surface area contributed by atoms with Crippen LogP contribution >= 0.6 is 39.7 Å². The number of carbonyl (C=O) groups is 1. The second kappa shape index (κ2) is 6.93. The molecule has 0 fully saturated rings. The number of carbonyl (C=O) groups excluding carboxylic acids is 1. The minimum atomic E-state index is -0.0989. The lowest BCUT2D eigenvalue weighted by atomic mass is 10.3. The van der Waals surface area contributed by atoms with Crippen molar-refractivity contribution in [2.24, 2.45) is 0 Å². The Morgan fingerprint density at radius 3 is 2.82 bits per heavy atom. The van der Waals surface area contributed by atoms with Crippen molar-refractivity contribution in [1.29, 1.82) is 0 Å². The zero-order chi connectivity index (χ0) is 12.8. The monoisotopic (exact) mass is 334 g/mol. The molecule has 0 bridgehead atoms. The highest BCUT2D eigenvalue weighted by Crippen LogP contribution is 2.25. The van der Waals surface area contributed by atoms with Crippen molar-refractivity contribution in [3.63, 3.8) is 0 Å². The van der Waals surface area contributed by atoms with E-state index in [1.165, 1.54) is 0 Å². The molecule has 3 nitrogen and oxygen atoms in total. The third-order valence-corrected chi connectivity index (χ3v) is 2.92. The van der Waals surface area contributed by atoms with E-state index in [1.54, 1.807) is 12.1 Å². The number of hydrogen-bond acceptors (Lipinski definition) is 2. The second-order valence-electron chi connectivity index (χ2n) is 3.38. The van der Waals surface area contributed by atoms with E-state index < -0.39 is 0 Å². The van der Waals surface area contributed by atoms with Crippen LogP contribution in [0.1, 0.15) is 19.8 Å². The highest BCUT2D eigenvalue weighted by atomic mass is 79.9. The van der Waals surface area contributed by atoms with E-state index in [1.807, 2.05) is 13.0 Å². The summed E-state index contributed by atoms with van der Waals surface area (Å²) in [7, 11) is 0. The molecule has 0 radical (unpaired) electrons. The number of rotatable bonds is 3. The zero-order valence-corrected chi connectivity index (χ0v) is 12.4. The van der Waals surface area contributed by atoms with E-state index in [2.05, 4.69) is 26.6 Å². The van der Waals surface area contributed by atoms with Gasteiger partial charge in [-0.3, -0.25) is 4.79 Å². The Bertz CT molecular complexity index is 439. The minimum Gasteiger partial charge on any atom is -0.331 e. The predicted octanol–water partition coefficient (Wildman–Crippen LogP) is 3.72. The van der Waals surface area contributed by atoms with Gasteiger partial charge in [0.1, 0.15) is 0 Å². The van der Waals surface area contributed by atoms with Gasteiger partial charge in [0.25, 0.3) is 0 Å². The molecule has 0 aromatic heterocycles. The van der Waals surface area contributed by atoms with E-state index in [0.29, 0.717) is 17.1 Å². The smallest absolute Gasteiger partial charge is 0.226 e. The van der Waals surface area contributed by atoms with Crippen LogP contribution in [0.5, 0.6) is 0 Å². The Morgan fingerprint density at radius 1 is 1.53 bits per heavy atom. The van der Waals surface area contributed by atoms with Crippen LogP contribution in [0.3, 0.4) is 0 Å². The van der Waals surface area contributed by atoms with Crippen LogP contribution < -0.4 is 10.6 Å². The lowest BCUT2D eigenvalue weighted by molar-refractivity contribution is -0.119. The fourth-order valence-corrected chi connectivity index (χ4v) is 2.11. The summed E-state index contributed by atoms with van der Waals surface area (Å²) in [6, 6.07) is 5.37. The van der Waals surface area contributed by atoms with Gasteiger partial charge in [-0.1, -0.05) is 34.5 Å². The molecular weight excluding hydrogens is 324 g/mol. The van der Waals surface area contributed by atoms with Gasteiger partial charge in [0.05, 0.1) is 10.7 Å². The van der Waals surface area contributed by atoms with Gasteiger partial charge in [-0.25, -0.2) is 0 Å². The summed E-state index contributed by atoms with van der Waals surface area (Å²) >= 11 is 14.3. The molecule has 0 unspecified atom stereocenters. The Kier molecular flexibility index (Phi) is 5.88. The van der Waals surface area contributed by atoms with Gasteiger partial charge < -0.3 is 10.6 Å². The molecule has 0 aliphatic carbocycles. The first-order valence-electron chi connectivity index (χ1n) is 5.08. The van der Waals surface area contributed by atoms with E-state index in [9.17, 15) is 4.79 Å². The predicted molar refractivity (Wildman–Crippen MR) is 78.4 cm³/mol. The largest absolute Gasteiger partial charge is 0.331 e. The lowest BCUT2D eigenvalue weighted by Crippen LogP contribution is -2.33. The molecule has 0 aliphatic rings. The minimum absolute atomic E-state index is 0.0989. The molecule has 1 aromatic carbocycles. The van der Waals surface area contributed by atoms with Crippen molar-refractivity contribution in [3.8, 4) is 0 Å². The van der Waals surface area contributed by atoms with E-state index in [-0.39, 0.29) is 11.0 Å². The van der Waals surface area contributed by atoms with Crippen molar-refractivity contribution in [2.75, 3.05) is 5.32 Å². The number of benzene rings is 1. The van der Waals surface area contributed by atoms with Gasteiger partial charge in [0.2, 0.25) is 5.91 Å². The van der Waals surface area contributed by atoms with Crippen molar-refractivity contribution in [3.05, 3.63) is 27.7 Å². The van der Waals surface area contributed by atoms with Gasteiger partial charge in [-0.2, -0.15) is 0 Å². The number of anilines is 1. The van der Waals surface area contributed by atoms with Crippen LogP contribution in [0.2, 0.25) is 5.02 Å². The summed E-state index contributed by atoms with van der Waals surface area (Å²) in [5, 5.41) is 6.25. The highest BCUT2D eigenvalue weighted by Gasteiger charge is 2.06. The molecule has 6 heteroatoms. The molecular formula is C11H12BrClN2OS. The first-order valence-corrected chi connectivity index (χ1v) is 6.66. The number of hydrogen-bond donors (Lipinski definition) is 2. The average Bonchev–Trinajstić information content (AvgIpc) is 2.22. The van der Waals surface area contributed by atoms with Crippen molar-refractivity contribution in [1.82, 2.24) is 5.32 Å². The maximum absolute atomic E-state index is 11.3. The number of amides is 1. The molecule has 1 rings (SSSR count). The first-order chi connectivity index (χ1) is 8.02. The van der Waals surface area contributed by atoms with E-state index >= 15 is 0 Å². The van der Waals surface area contributed by atoms with Crippen molar-refractivity contribution >= 4 is 56.5 Å². The molecule has 0 saturated carbocycles. The van der Waals surface area contributed by atoms with Gasteiger partial charge in [-0.15, -0.1) is 0 Å². The Hall–Kier alpha value is -0.650. The molecule has 0 atom stereocenters. The second-order valence-corrected chi connectivity index (χ2v) is 5.11. The number of thiocarbonyl (C=S) groups is 1. The fourth-order valence-electron chi connectivity index (χ4n) is 1.16. The van der Waals surface area contributed by atoms with Crippen LogP contribution in [0.4, 0.5) is 5.69 Å². The summed E-state index contributed by atoms with van der Waals surface area (Å²) in [6.45, 7) is 1.93. The van der Waals surface area contributed by atoms with Crippen molar-refractivity contribution < 1.29 is 4.79 Å². The van der Waals surface area contributed by atoms with Gasteiger partial charge in [0.15, 0.2) is 5.11 Å². The molecule has 1 aromatic rings. The maximum atomic E-state index is 11.3. The molecule has 0 saturated heterocycles. The summed E-state index contributed by atoms with van der Waals surface area (Å²) < 4.78 is 0.883. The molecule has 1 amide bonds. The Balaban J connectivity index is 2.59. The summed E-state index contributed by atoms with van der Waals surface area (Å²) in [4.78, 5) is 11.3. The third-order valence-electron chi connectivity index (χ3n) is 1.91. The molecule has 0 spiro atoms. The number of halogens is 2. The van der Waals surface area contributed by atoms with Gasteiger partial charge in [0, 0.05) is 10.9 Å². The van der Waals surface area contributed by atoms with E-state index in [4.69, 9.17) is 23.8 Å². The van der Waals surface area contributed by atoms with Crippen LogP contribution in [-0.2, 0) is 4.79 Å². The van der Waals surface area contributed by atoms with Crippen molar-refractivity contribution in [2.45, 2.75) is 19.8 Å². The SMILES string of the molecule is CCCC(=O)NC(=S)Nc1ccc(Br)cc1Cl. The lowest BCUT2D eigenvalue weighted by Gasteiger charge is -2.10. The maximum Gasteiger partial charge on any atom is 0.226 e. The van der Waals surface area contributed by atoms with Crippen LogP contribution in [0.15, 0.2) is 22.7 Å². The molecule has 0 aliphatic heterocycles. The zero-order valence-electron chi connectivity index (χ0n) is 9.22. The molecule has 2 N–H and O–H groups in total. The third kappa shape index (κ3) is 5.02. The highest BCUT2D eigenvalue weighted by molar-refractivity contribution is 9.10. The van der Waals surface area contributed by atoms with Gasteiger partial charge in [-0.05, 0) is 36.8 Å². The Labute approximate surface area is 119 Å². The standard InChI is InChI=1S/C11H12BrClN2OS/c1-2-3-10(16)15-11(17)14-9-5-4-7(12)6-8(9)13/h4-6H,2-3H2,1H3,(H2,14,15,16,17). The molecule has 0 heterocycles. The Morgan fingerprint density at radius 2 is 2.24 bits per heavy atom. The van der Waals surface area contributed by atoms with E-state index in [0.717, 1.165) is 10.9 Å². The fraction of sp³-hybridized carbons (Fsp3) is 0.273. The number of nitrogens with one attached hydrogen (secondary N) is 2. The summed E-state index contributed by atoms with van der Waals surface area (Å²) in [5.41, 5.74) is 0.664. The average molecular weight is 336 g/mol. The van der Waals surface area contributed by atoms with Crippen LogP contribution in [0, 0.1) is 0 Å². The quantitative estimate of drug-likeness (QED) is 0.827. The first kappa shape index (κ1) is 14.4.